The molecule has 8 heteroatoms. The minimum absolute atomic E-state index is 0.0348. The number of pyridine rings is 1. The lowest BCUT2D eigenvalue weighted by Crippen LogP contribution is -2.14. The van der Waals surface area contributed by atoms with Crippen LogP contribution in [-0.4, -0.2) is 23.0 Å². The highest BCUT2D eigenvalue weighted by atomic mass is 79.9. The summed E-state index contributed by atoms with van der Waals surface area (Å²) in [5, 5.41) is -0.0348. The molecule has 0 saturated carbocycles. The van der Waals surface area contributed by atoms with Crippen LogP contribution in [0.3, 0.4) is 0 Å². The van der Waals surface area contributed by atoms with E-state index in [0.717, 1.165) is 10.0 Å². The summed E-state index contributed by atoms with van der Waals surface area (Å²) in [4.78, 5) is 7.78. The van der Waals surface area contributed by atoms with E-state index in [0.29, 0.717) is 0 Å². The predicted molar refractivity (Wildman–Crippen MR) is 70.7 cm³/mol. The lowest BCUT2D eigenvalue weighted by Gasteiger charge is -2.06. The first-order valence-corrected chi connectivity index (χ1v) is 7.29. The first kappa shape index (κ1) is 13.0. The first-order chi connectivity index (χ1) is 8.38. The predicted octanol–water partition coefficient (Wildman–Crippen LogP) is 1.69. The van der Waals surface area contributed by atoms with Gasteiger partial charge in [0.1, 0.15) is 5.82 Å². The minimum Gasteiger partial charge on any atom is -0.339 e. The standard InChI is InChI=1S/C10H11BrN4O2S/c1-7-3-9(12-4-8(7)11)14-18(16,17)10-5-15(2)6-13-10/h3-6H,1-2H3,(H,12,14). The molecule has 0 radical (unpaired) electrons. The van der Waals surface area contributed by atoms with Gasteiger partial charge in [0.25, 0.3) is 10.0 Å². The summed E-state index contributed by atoms with van der Waals surface area (Å²) in [6.45, 7) is 1.85. The molecule has 0 spiro atoms. The number of imidazole rings is 1. The summed E-state index contributed by atoms with van der Waals surface area (Å²) in [5.41, 5.74) is 0.892. The average Bonchev–Trinajstić information content (AvgIpc) is 2.71. The molecule has 0 aliphatic rings. The van der Waals surface area contributed by atoms with E-state index < -0.39 is 10.0 Å². The first-order valence-electron chi connectivity index (χ1n) is 5.01. The van der Waals surface area contributed by atoms with Crippen LogP contribution in [0.5, 0.6) is 0 Å². The molecule has 0 unspecified atom stereocenters. The van der Waals surface area contributed by atoms with E-state index in [1.165, 1.54) is 12.5 Å². The van der Waals surface area contributed by atoms with Gasteiger partial charge >= 0.3 is 0 Å². The number of halogens is 1. The SMILES string of the molecule is Cc1cc(NS(=O)(=O)c2cn(C)cn2)ncc1Br. The summed E-state index contributed by atoms with van der Waals surface area (Å²) >= 11 is 3.30. The third-order valence-electron chi connectivity index (χ3n) is 2.24. The van der Waals surface area contributed by atoms with E-state index in [4.69, 9.17) is 0 Å². The molecule has 18 heavy (non-hydrogen) atoms. The van der Waals surface area contributed by atoms with Gasteiger partial charge in [-0.25, -0.2) is 9.97 Å². The second kappa shape index (κ2) is 4.69. The van der Waals surface area contributed by atoms with Crippen LogP contribution in [0.1, 0.15) is 5.56 Å². The number of sulfonamides is 1. The molecule has 2 heterocycles. The van der Waals surface area contributed by atoms with Crippen LogP contribution in [0.15, 0.2) is 34.3 Å². The van der Waals surface area contributed by atoms with Crippen LogP contribution in [0.4, 0.5) is 5.82 Å². The second-order valence-electron chi connectivity index (χ2n) is 3.80. The van der Waals surface area contributed by atoms with Crippen molar-refractivity contribution < 1.29 is 8.42 Å². The van der Waals surface area contributed by atoms with Gasteiger partial charge in [-0.3, -0.25) is 4.72 Å². The van der Waals surface area contributed by atoms with E-state index in [2.05, 4.69) is 30.6 Å². The molecule has 0 amide bonds. The number of anilines is 1. The molecule has 6 nitrogen and oxygen atoms in total. The molecule has 0 aliphatic carbocycles. The quantitative estimate of drug-likeness (QED) is 0.928. The molecule has 2 aromatic heterocycles. The number of rotatable bonds is 3. The van der Waals surface area contributed by atoms with Gasteiger partial charge in [-0.2, -0.15) is 8.42 Å². The van der Waals surface area contributed by atoms with Gasteiger partial charge in [0.15, 0.2) is 5.03 Å². The third kappa shape index (κ3) is 2.70. The maximum Gasteiger partial charge on any atom is 0.282 e. The Labute approximate surface area is 113 Å². The fourth-order valence-corrected chi connectivity index (χ4v) is 2.51. The Morgan fingerprint density at radius 1 is 1.39 bits per heavy atom. The fraction of sp³-hybridized carbons (Fsp3) is 0.200. The summed E-state index contributed by atoms with van der Waals surface area (Å²) in [7, 11) is -1.98. The van der Waals surface area contributed by atoms with Crippen LogP contribution in [-0.2, 0) is 17.1 Å². The Morgan fingerprint density at radius 3 is 2.67 bits per heavy atom. The Morgan fingerprint density at radius 2 is 2.11 bits per heavy atom. The maximum absolute atomic E-state index is 12.0. The van der Waals surface area contributed by atoms with E-state index >= 15 is 0 Å². The van der Waals surface area contributed by atoms with E-state index in [1.807, 2.05) is 6.92 Å². The molecule has 0 aliphatic heterocycles. The van der Waals surface area contributed by atoms with Crippen molar-refractivity contribution in [2.45, 2.75) is 11.9 Å². The van der Waals surface area contributed by atoms with Gasteiger partial charge in [-0.15, -0.1) is 0 Å². The number of nitrogens with one attached hydrogen (secondary N) is 1. The van der Waals surface area contributed by atoms with Crippen molar-refractivity contribution in [3.8, 4) is 0 Å². The maximum atomic E-state index is 12.0. The summed E-state index contributed by atoms with van der Waals surface area (Å²) < 4.78 is 28.7. The van der Waals surface area contributed by atoms with Gasteiger partial charge in [0.2, 0.25) is 0 Å². The monoisotopic (exact) mass is 330 g/mol. The van der Waals surface area contributed by atoms with E-state index in [1.54, 1.807) is 23.9 Å². The topological polar surface area (TPSA) is 76.9 Å². The van der Waals surface area contributed by atoms with Crippen molar-refractivity contribution >= 4 is 31.8 Å². The summed E-state index contributed by atoms with van der Waals surface area (Å²) in [5.74, 6) is 0.265. The molecule has 0 aromatic carbocycles. The Kier molecular flexibility index (Phi) is 3.40. The lowest BCUT2D eigenvalue weighted by atomic mass is 10.3. The minimum atomic E-state index is -3.68. The number of hydrogen-bond donors (Lipinski definition) is 1. The van der Waals surface area contributed by atoms with Crippen molar-refractivity contribution in [2.24, 2.45) is 7.05 Å². The highest BCUT2D eigenvalue weighted by molar-refractivity contribution is 9.10. The van der Waals surface area contributed by atoms with Crippen LogP contribution in [0.2, 0.25) is 0 Å². The Balaban J connectivity index is 2.30. The molecule has 0 bridgehead atoms. The molecule has 0 saturated heterocycles. The summed E-state index contributed by atoms with van der Waals surface area (Å²) in [6, 6.07) is 1.64. The number of hydrogen-bond acceptors (Lipinski definition) is 4. The van der Waals surface area contributed by atoms with E-state index in [9.17, 15) is 8.42 Å². The van der Waals surface area contributed by atoms with Crippen LogP contribution >= 0.6 is 15.9 Å². The van der Waals surface area contributed by atoms with Gasteiger partial charge in [0, 0.05) is 23.9 Å². The van der Waals surface area contributed by atoms with Gasteiger partial charge in [-0.1, -0.05) is 0 Å². The third-order valence-corrected chi connectivity index (χ3v) is 4.31. The van der Waals surface area contributed by atoms with Crippen LogP contribution in [0, 0.1) is 6.92 Å². The molecule has 0 atom stereocenters. The van der Waals surface area contributed by atoms with Gasteiger partial charge < -0.3 is 4.57 Å². The zero-order valence-corrected chi connectivity index (χ0v) is 12.2. The fourth-order valence-electron chi connectivity index (χ4n) is 1.31. The smallest absolute Gasteiger partial charge is 0.282 e. The molecule has 1 N–H and O–H groups in total. The number of aryl methyl sites for hydroxylation is 2. The Bertz CT molecular complexity index is 681. The van der Waals surface area contributed by atoms with Gasteiger partial charge in [-0.05, 0) is 34.5 Å². The summed E-state index contributed by atoms with van der Waals surface area (Å²) in [6.07, 6.45) is 4.40. The van der Waals surface area contributed by atoms with Crippen molar-refractivity contribution in [1.82, 2.24) is 14.5 Å². The normalized spacial score (nSPS) is 11.5. The Hall–Kier alpha value is -1.41. The number of aromatic nitrogens is 3. The van der Waals surface area contributed by atoms with Crippen LogP contribution in [0.25, 0.3) is 0 Å². The van der Waals surface area contributed by atoms with Crippen molar-refractivity contribution in [3.63, 3.8) is 0 Å². The molecule has 2 rings (SSSR count). The van der Waals surface area contributed by atoms with Gasteiger partial charge in [0.05, 0.1) is 6.33 Å². The molecule has 2 aromatic rings. The number of nitrogens with zero attached hydrogens (tertiary/aromatic N) is 3. The van der Waals surface area contributed by atoms with Crippen molar-refractivity contribution in [2.75, 3.05) is 4.72 Å². The van der Waals surface area contributed by atoms with Crippen LogP contribution < -0.4 is 4.72 Å². The van der Waals surface area contributed by atoms with Crippen molar-refractivity contribution in [1.29, 1.82) is 0 Å². The zero-order chi connectivity index (χ0) is 13.3. The lowest BCUT2D eigenvalue weighted by molar-refractivity contribution is 0.598. The average molecular weight is 331 g/mol. The zero-order valence-electron chi connectivity index (χ0n) is 9.75. The molecule has 96 valence electrons. The second-order valence-corrected chi connectivity index (χ2v) is 6.29. The molecular formula is C10H11BrN4O2S. The molecular weight excluding hydrogens is 320 g/mol. The van der Waals surface area contributed by atoms with Crippen molar-refractivity contribution in [3.05, 3.63) is 34.8 Å². The molecule has 0 fully saturated rings. The highest BCUT2D eigenvalue weighted by Crippen LogP contribution is 2.19. The highest BCUT2D eigenvalue weighted by Gasteiger charge is 2.17. The van der Waals surface area contributed by atoms with E-state index in [-0.39, 0.29) is 10.8 Å². The largest absolute Gasteiger partial charge is 0.339 e.